The van der Waals surface area contributed by atoms with Crippen molar-refractivity contribution in [2.45, 2.75) is 33.2 Å². The second-order valence-corrected chi connectivity index (χ2v) is 7.29. The number of carboxylic acids is 1. The van der Waals surface area contributed by atoms with E-state index in [-0.39, 0.29) is 11.6 Å². The molecule has 4 rings (SSSR count). The van der Waals surface area contributed by atoms with Gasteiger partial charge in [-0.05, 0) is 44.5 Å². The summed E-state index contributed by atoms with van der Waals surface area (Å²) < 4.78 is 0. The monoisotopic (exact) mass is 375 g/mol. The highest BCUT2D eigenvalue weighted by atomic mass is 16.4. The zero-order valence-corrected chi connectivity index (χ0v) is 16.3. The predicted octanol–water partition coefficient (Wildman–Crippen LogP) is 3.72. The Morgan fingerprint density at radius 2 is 1.93 bits per heavy atom. The van der Waals surface area contributed by atoms with E-state index in [1.54, 1.807) is 18.2 Å². The number of anilines is 1. The third-order valence-electron chi connectivity index (χ3n) is 5.14. The van der Waals surface area contributed by atoms with Gasteiger partial charge in [0, 0.05) is 25.1 Å². The van der Waals surface area contributed by atoms with Gasteiger partial charge in [-0.2, -0.15) is 10.2 Å². The predicted molar refractivity (Wildman–Crippen MR) is 111 cm³/mol. The molecule has 2 aromatic rings. The van der Waals surface area contributed by atoms with Gasteiger partial charge in [-0.3, -0.25) is 0 Å². The SMILES string of the molecule is CC1=NN=C2CC(c3nc4ccc(C(=O)O)cc4nc3N(C)C(C)C)=CC=C12. The number of fused-ring (bicyclic) bond motifs is 2. The van der Waals surface area contributed by atoms with Gasteiger partial charge in [0.15, 0.2) is 5.82 Å². The molecule has 7 heteroatoms. The molecule has 1 aromatic carbocycles. The Balaban J connectivity index is 1.88. The number of allylic oxidation sites excluding steroid dienone is 4. The number of benzene rings is 1. The number of hydrogen-bond acceptors (Lipinski definition) is 6. The van der Waals surface area contributed by atoms with Crippen molar-refractivity contribution < 1.29 is 9.90 Å². The molecule has 2 aliphatic rings. The molecule has 2 heterocycles. The van der Waals surface area contributed by atoms with Crippen LogP contribution in [0.25, 0.3) is 16.6 Å². The molecular formula is C21H21N5O2. The van der Waals surface area contributed by atoms with Gasteiger partial charge >= 0.3 is 5.97 Å². The molecule has 28 heavy (non-hydrogen) atoms. The van der Waals surface area contributed by atoms with Crippen LogP contribution in [0.2, 0.25) is 0 Å². The highest BCUT2D eigenvalue weighted by Gasteiger charge is 2.25. The zero-order valence-electron chi connectivity index (χ0n) is 16.3. The molecule has 0 amide bonds. The minimum absolute atomic E-state index is 0.199. The van der Waals surface area contributed by atoms with Gasteiger partial charge in [-0.25, -0.2) is 14.8 Å². The van der Waals surface area contributed by atoms with Gasteiger partial charge < -0.3 is 10.0 Å². The molecule has 1 aliphatic carbocycles. The van der Waals surface area contributed by atoms with Crippen LogP contribution in [0, 0.1) is 0 Å². The number of rotatable bonds is 4. The molecule has 0 saturated heterocycles. The lowest BCUT2D eigenvalue weighted by Gasteiger charge is -2.26. The van der Waals surface area contributed by atoms with Gasteiger partial charge in [0.05, 0.1) is 28.0 Å². The van der Waals surface area contributed by atoms with Crippen LogP contribution >= 0.6 is 0 Å². The third kappa shape index (κ3) is 2.98. The summed E-state index contributed by atoms with van der Waals surface area (Å²) >= 11 is 0. The summed E-state index contributed by atoms with van der Waals surface area (Å²) in [5, 5.41) is 17.7. The van der Waals surface area contributed by atoms with Crippen LogP contribution in [0.3, 0.4) is 0 Å². The van der Waals surface area contributed by atoms with Crippen molar-refractivity contribution in [1.29, 1.82) is 0 Å². The van der Waals surface area contributed by atoms with Gasteiger partial charge in [0.2, 0.25) is 0 Å². The molecule has 0 radical (unpaired) electrons. The van der Waals surface area contributed by atoms with Crippen molar-refractivity contribution >= 4 is 39.8 Å². The Morgan fingerprint density at radius 3 is 2.64 bits per heavy atom. The van der Waals surface area contributed by atoms with Crippen molar-refractivity contribution in [3.05, 3.63) is 47.2 Å². The maximum Gasteiger partial charge on any atom is 0.335 e. The molecule has 0 atom stereocenters. The lowest BCUT2D eigenvalue weighted by Crippen LogP contribution is -2.28. The molecule has 0 spiro atoms. The first kappa shape index (κ1) is 18.0. The maximum atomic E-state index is 11.3. The minimum atomic E-state index is -0.978. The first-order valence-electron chi connectivity index (χ1n) is 9.16. The van der Waals surface area contributed by atoms with E-state index >= 15 is 0 Å². The lowest BCUT2D eigenvalue weighted by molar-refractivity contribution is 0.0697. The van der Waals surface area contributed by atoms with E-state index in [4.69, 9.17) is 9.97 Å². The van der Waals surface area contributed by atoms with Crippen molar-refractivity contribution in [3.8, 4) is 0 Å². The van der Waals surface area contributed by atoms with E-state index in [2.05, 4.69) is 30.1 Å². The van der Waals surface area contributed by atoms with Crippen LogP contribution in [-0.4, -0.2) is 45.6 Å². The Bertz CT molecular complexity index is 1130. The van der Waals surface area contributed by atoms with Crippen LogP contribution in [0.5, 0.6) is 0 Å². The molecule has 1 aliphatic heterocycles. The van der Waals surface area contributed by atoms with Crippen molar-refractivity contribution in [2.75, 3.05) is 11.9 Å². The van der Waals surface area contributed by atoms with E-state index in [1.165, 1.54) is 0 Å². The summed E-state index contributed by atoms with van der Waals surface area (Å²) in [6.07, 6.45) is 4.72. The maximum absolute atomic E-state index is 11.3. The number of aromatic carboxylic acids is 1. The van der Waals surface area contributed by atoms with Crippen LogP contribution in [0.4, 0.5) is 5.82 Å². The van der Waals surface area contributed by atoms with E-state index in [9.17, 15) is 9.90 Å². The van der Waals surface area contributed by atoms with Gasteiger partial charge in [-0.15, -0.1) is 0 Å². The highest BCUT2D eigenvalue weighted by Crippen LogP contribution is 2.33. The number of hydrogen-bond donors (Lipinski definition) is 1. The van der Waals surface area contributed by atoms with Gasteiger partial charge in [-0.1, -0.05) is 12.2 Å². The first-order valence-corrected chi connectivity index (χ1v) is 9.16. The average molecular weight is 375 g/mol. The Kier molecular flexibility index (Phi) is 4.30. The summed E-state index contributed by atoms with van der Waals surface area (Å²) in [7, 11) is 1.97. The van der Waals surface area contributed by atoms with Crippen molar-refractivity contribution in [1.82, 2.24) is 9.97 Å². The molecule has 1 N–H and O–H groups in total. The standard InChI is InChI=1S/C21H21N5O2/c1-11(2)26(4)20-19(13-5-7-15-12(3)24-25-17(15)9-13)22-16-8-6-14(21(27)28)10-18(16)23-20/h5-8,10-11H,9H2,1-4H3,(H,27,28). The van der Waals surface area contributed by atoms with E-state index in [1.807, 2.05) is 24.9 Å². The topological polar surface area (TPSA) is 91.0 Å². The number of carbonyl (C=O) groups is 1. The molecule has 1 aromatic heterocycles. The Morgan fingerprint density at radius 1 is 1.14 bits per heavy atom. The fourth-order valence-corrected chi connectivity index (χ4v) is 3.27. The highest BCUT2D eigenvalue weighted by molar-refractivity contribution is 6.29. The minimum Gasteiger partial charge on any atom is -0.478 e. The Labute approximate surface area is 162 Å². The van der Waals surface area contributed by atoms with Gasteiger partial charge in [0.1, 0.15) is 5.69 Å². The Hall–Kier alpha value is -3.35. The van der Waals surface area contributed by atoms with Crippen molar-refractivity contribution in [2.24, 2.45) is 10.2 Å². The molecule has 7 nitrogen and oxygen atoms in total. The molecule has 0 fully saturated rings. The van der Waals surface area contributed by atoms with Gasteiger partial charge in [0.25, 0.3) is 0 Å². The summed E-state index contributed by atoms with van der Waals surface area (Å²) in [4.78, 5) is 23.0. The summed E-state index contributed by atoms with van der Waals surface area (Å²) in [6, 6.07) is 5.04. The fraction of sp³-hybridized carbons (Fsp3) is 0.286. The van der Waals surface area contributed by atoms with E-state index in [0.29, 0.717) is 17.5 Å². The number of carboxylic acid groups (broad SMARTS) is 1. The van der Waals surface area contributed by atoms with Crippen LogP contribution < -0.4 is 4.90 Å². The van der Waals surface area contributed by atoms with Crippen LogP contribution in [0.15, 0.2) is 46.1 Å². The number of nitrogens with zero attached hydrogens (tertiary/aromatic N) is 5. The zero-order chi connectivity index (χ0) is 20.0. The van der Waals surface area contributed by atoms with Crippen LogP contribution in [0.1, 0.15) is 43.2 Å². The summed E-state index contributed by atoms with van der Waals surface area (Å²) in [6.45, 7) is 6.11. The molecule has 0 saturated carbocycles. The van der Waals surface area contributed by atoms with Crippen LogP contribution in [-0.2, 0) is 0 Å². The summed E-state index contributed by atoms with van der Waals surface area (Å²) in [5.41, 5.74) is 6.17. The molecule has 0 unspecified atom stereocenters. The molecule has 0 bridgehead atoms. The van der Waals surface area contributed by atoms with E-state index in [0.717, 1.165) is 34.1 Å². The molecule has 142 valence electrons. The average Bonchev–Trinajstić information content (AvgIpc) is 3.06. The smallest absolute Gasteiger partial charge is 0.335 e. The second-order valence-electron chi connectivity index (χ2n) is 7.29. The second kappa shape index (κ2) is 6.67. The first-order chi connectivity index (χ1) is 13.3. The fourth-order valence-electron chi connectivity index (χ4n) is 3.27. The largest absolute Gasteiger partial charge is 0.478 e. The molecular weight excluding hydrogens is 354 g/mol. The third-order valence-corrected chi connectivity index (χ3v) is 5.14. The lowest BCUT2D eigenvalue weighted by atomic mass is 9.92. The quantitative estimate of drug-likeness (QED) is 0.879. The number of aromatic nitrogens is 2. The normalized spacial score (nSPS) is 15.8. The summed E-state index contributed by atoms with van der Waals surface area (Å²) in [5.74, 6) is -0.252. The van der Waals surface area contributed by atoms with E-state index < -0.39 is 5.97 Å². The van der Waals surface area contributed by atoms with Crippen molar-refractivity contribution in [3.63, 3.8) is 0 Å².